The first-order chi connectivity index (χ1) is 9.76. The number of likely N-dealkylation sites (tertiary alicyclic amines) is 1. The molecule has 1 unspecified atom stereocenters. The van der Waals surface area contributed by atoms with Crippen LogP contribution < -0.4 is 0 Å². The highest BCUT2D eigenvalue weighted by Gasteiger charge is 2.64. The molecule has 0 bridgehead atoms. The molecule has 6 nitrogen and oxygen atoms in total. The number of aryl methyl sites for hydroxylation is 1. The van der Waals surface area contributed by atoms with Crippen molar-refractivity contribution in [3.05, 3.63) is 18.5 Å². The lowest BCUT2D eigenvalue weighted by Gasteiger charge is -2.27. The van der Waals surface area contributed by atoms with Gasteiger partial charge in [0.15, 0.2) is 5.41 Å². The summed E-state index contributed by atoms with van der Waals surface area (Å²) in [6.07, 6.45) is -2.35. The van der Waals surface area contributed by atoms with E-state index in [9.17, 15) is 22.8 Å². The van der Waals surface area contributed by atoms with Crippen molar-refractivity contribution >= 4 is 11.9 Å². The second kappa shape index (κ2) is 5.38. The van der Waals surface area contributed by atoms with Gasteiger partial charge < -0.3 is 10.0 Å². The van der Waals surface area contributed by atoms with Crippen molar-refractivity contribution in [2.45, 2.75) is 25.6 Å². The van der Waals surface area contributed by atoms with Gasteiger partial charge in [0.25, 0.3) is 0 Å². The van der Waals surface area contributed by atoms with Crippen molar-refractivity contribution in [1.29, 1.82) is 0 Å². The molecular formula is C12H14F3N3O3. The minimum Gasteiger partial charge on any atom is -0.481 e. The summed E-state index contributed by atoms with van der Waals surface area (Å²) in [5.41, 5.74) is -2.85. The SMILES string of the molecule is O=C(CCn1cccn1)N1CCC(C(=O)O)(C(F)(F)F)C1. The van der Waals surface area contributed by atoms with Gasteiger partial charge in [0.1, 0.15) is 0 Å². The second-order valence-corrected chi connectivity index (χ2v) is 4.97. The normalized spacial score (nSPS) is 22.5. The van der Waals surface area contributed by atoms with Crippen molar-refractivity contribution in [2.75, 3.05) is 13.1 Å². The van der Waals surface area contributed by atoms with Gasteiger partial charge in [-0.05, 0) is 12.5 Å². The van der Waals surface area contributed by atoms with Crippen LogP contribution in [0.5, 0.6) is 0 Å². The van der Waals surface area contributed by atoms with E-state index in [1.54, 1.807) is 12.3 Å². The van der Waals surface area contributed by atoms with Crippen LogP contribution in [0, 0.1) is 5.41 Å². The third-order valence-electron chi connectivity index (χ3n) is 3.69. The van der Waals surface area contributed by atoms with Crippen molar-refractivity contribution in [3.8, 4) is 0 Å². The first-order valence-electron chi connectivity index (χ1n) is 6.31. The topological polar surface area (TPSA) is 75.4 Å². The molecule has 1 aromatic heterocycles. The molecule has 0 radical (unpaired) electrons. The number of carboxylic acid groups (broad SMARTS) is 1. The standard InChI is InChI=1S/C12H14F3N3O3/c13-12(14,15)11(10(20)21)3-7-17(8-11)9(19)2-6-18-5-1-4-16-18/h1,4-5H,2-3,6-8H2,(H,20,21). The van der Waals surface area contributed by atoms with Gasteiger partial charge in [-0.2, -0.15) is 18.3 Å². The van der Waals surface area contributed by atoms with Gasteiger partial charge in [0, 0.05) is 38.4 Å². The predicted octanol–water partition coefficient (Wildman–Crippen LogP) is 1.14. The van der Waals surface area contributed by atoms with Crippen molar-refractivity contribution in [3.63, 3.8) is 0 Å². The number of alkyl halides is 3. The average Bonchev–Trinajstić information content (AvgIpc) is 3.04. The third kappa shape index (κ3) is 2.86. The first-order valence-corrected chi connectivity index (χ1v) is 6.31. The molecule has 0 aliphatic carbocycles. The fourth-order valence-electron chi connectivity index (χ4n) is 2.35. The van der Waals surface area contributed by atoms with Crippen LogP contribution in [0.15, 0.2) is 18.5 Å². The fraction of sp³-hybridized carbons (Fsp3) is 0.583. The summed E-state index contributed by atoms with van der Waals surface area (Å²) >= 11 is 0. The zero-order valence-corrected chi connectivity index (χ0v) is 11.0. The Balaban J connectivity index is 2.00. The van der Waals surface area contributed by atoms with Crippen LogP contribution in [0.1, 0.15) is 12.8 Å². The molecule has 1 aliphatic rings. The highest BCUT2D eigenvalue weighted by molar-refractivity contribution is 5.81. The molecule has 0 saturated carbocycles. The molecule has 1 saturated heterocycles. The van der Waals surface area contributed by atoms with Crippen LogP contribution in [0.25, 0.3) is 0 Å². The second-order valence-electron chi connectivity index (χ2n) is 4.97. The lowest BCUT2D eigenvalue weighted by atomic mass is 9.86. The number of carbonyl (C=O) groups excluding carboxylic acids is 1. The van der Waals surface area contributed by atoms with Gasteiger partial charge in [0.05, 0.1) is 0 Å². The lowest BCUT2D eigenvalue weighted by molar-refractivity contribution is -0.227. The van der Waals surface area contributed by atoms with Crippen LogP contribution in [-0.4, -0.2) is 50.9 Å². The molecule has 1 N–H and O–H groups in total. The number of aromatic nitrogens is 2. The first kappa shape index (κ1) is 15.3. The molecule has 1 aromatic rings. The Bertz CT molecular complexity index is 530. The smallest absolute Gasteiger partial charge is 0.406 e. The summed E-state index contributed by atoms with van der Waals surface area (Å²) in [6, 6.07) is 1.67. The number of hydrogen-bond acceptors (Lipinski definition) is 3. The van der Waals surface area contributed by atoms with Crippen molar-refractivity contribution in [2.24, 2.45) is 5.41 Å². The number of amides is 1. The number of rotatable bonds is 4. The number of halogens is 3. The third-order valence-corrected chi connectivity index (χ3v) is 3.69. The Kier molecular flexibility index (Phi) is 3.93. The van der Waals surface area contributed by atoms with E-state index in [4.69, 9.17) is 5.11 Å². The van der Waals surface area contributed by atoms with Crippen LogP contribution >= 0.6 is 0 Å². The Labute approximate surface area is 118 Å². The summed E-state index contributed by atoms with van der Waals surface area (Å²) < 4.78 is 40.4. The zero-order valence-electron chi connectivity index (χ0n) is 11.0. The van der Waals surface area contributed by atoms with Crippen molar-refractivity contribution < 1.29 is 27.9 Å². The molecule has 2 heterocycles. The Morgan fingerprint density at radius 1 is 1.38 bits per heavy atom. The van der Waals surface area contributed by atoms with Gasteiger partial charge >= 0.3 is 12.1 Å². The molecule has 21 heavy (non-hydrogen) atoms. The summed E-state index contributed by atoms with van der Waals surface area (Å²) in [4.78, 5) is 23.9. The van der Waals surface area contributed by atoms with E-state index in [1.807, 2.05) is 0 Å². The lowest BCUT2D eigenvalue weighted by Crippen LogP contribution is -2.47. The zero-order chi connectivity index (χ0) is 15.7. The van der Waals surface area contributed by atoms with Crippen LogP contribution in [0.3, 0.4) is 0 Å². The van der Waals surface area contributed by atoms with E-state index < -0.39 is 36.4 Å². The molecule has 1 amide bonds. The van der Waals surface area contributed by atoms with E-state index >= 15 is 0 Å². The minimum atomic E-state index is -4.88. The van der Waals surface area contributed by atoms with Crippen LogP contribution in [0.4, 0.5) is 13.2 Å². The summed E-state index contributed by atoms with van der Waals surface area (Å²) in [5, 5.41) is 12.8. The monoisotopic (exact) mass is 305 g/mol. The van der Waals surface area contributed by atoms with Gasteiger partial charge in [-0.1, -0.05) is 0 Å². The number of nitrogens with zero attached hydrogens (tertiary/aromatic N) is 3. The number of carboxylic acids is 1. The van der Waals surface area contributed by atoms with E-state index in [-0.39, 0.29) is 19.5 Å². The van der Waals surface area contributed by atoms with Gasteiger partial charge in [0.2, 0.25) is 5.91 Å². The Morgan fingerprint density at radius 2 is 2.10 bits per heavy atom. The molecule has 116 valence electrons. The molecule has 1 aliphatic heterocycles. The Hall–Kier alpha value is -2.06. The molecule has 0 spiro atoms. The average molecular weight is 305 g/mol. The van der Waals surface area contributed by atoms with Crippen LogP contribution in [0.2, 0.25) is 0 Å². The van der Waals surface area contributed by atoms with Gasteiger partial charge in [-0.15, -0.1) is 0 Å². The van der Waals surface area contributed by atoms with E-state index in [2.05, 4.69) is 5.10 Å². The number of carbonyl (C=O) groups is 2. The molecule has 9 heteroatoms. The molecule has 2 rings (SSSR count). The summed E-state index contributed by atoms with van der Waals surface area (Å²) in [6.45, 7) is -0.790. The summed E-state index contributed by atoms with van der Waals surface area (Å²) in [5.74, 6) is -2.43. The molecular weight excluding hydrogens is 291 g/mol. The predicted molar refractivity (Wildman–Crippen MR) is 64.2 cm³/mol. The highest BCUT2D eigenvalue weighted by Crippen LogP contribution is 2.45. The van der Waals surface area contributed by atoms with Crippen LogP contribution in [-0.2, 0) is 16.1 Å². The highest BCUT2D eigenvalue weighted by atomic mass is 19.4. The summed E-state index contributed by atoms with van der Waals surface area (Å²) in [7, 11) is 0. The van der Waals surface area contributed by atoms with Gasteiger partial charge in [-0.3, -0.25) is 14.3 Å². The maximum Gasteiger partial charge on any atom is 0.406 e. The van der Waals surface area contributed by atoms with E-state index in [0.29, 0.717) is 0 Å². The number of aliphatic carboxylic acids is 1. The minimum absolute atomic E-state index is 0.0186. The molecule has 0 aromatic carbocycles. The fourth-order valence-corrected chi connectivity index (χ4v) is 2.35. The van der Waals surface area contributed by atoms with E-state index in [1.165, 1.54) is 10.9 Å². The Morgan fingerprint density at radius 3 is 2.57 bits per heavy atom. The quantitative estimate of drug-likeness (QED) is 0.905. The number of hydrogen-bond donors (Lipinski definition) is 1. The van der Waals surface area contributed by atoms with Crippen molar-refractivity contribution in [1.82, 2.24) is 14.7 Å². The van der Waals surface area contributed by atoms with Gasteiger partial charge in [-0.25, -0.2) is 0 Å². The maximum absolute atomic E-state index is 13.0. The van der Waals surface area contributed by atoms with E-state index in [0.717, 1.165) is 4.90 Å². The maximum atomic E-state index is 13.0. The largest absolute Gasteiger partial charge is 0.481 e. The molecule has 1 atom stereocenters. The molecule has 1 fully saturated rings.